The Morgan fingerprint density at radius 1 is 0.952 bits per heavy atom. The summed E-state index contributed by atoms with van der Waals surface area (Å²) >= 11 is 20.5. The molecule has 0 saturated carbocycles. The summed E-state index contributed by atoms with van der Waals surface area (Å²) in [5.41, 5.74) is 0. The van der Waals surface area contributed by atoms with E-state index in [2.05, 4.69) is 63.7 Å². The molecule has 0 N–H and O–H groups in total. The van der Waals surface area contributed by atoms with Crippen molar-refractivity contribution in [2.75, 3.05) is 0 Å². The van der Waals surface area contributed by atoms with Gasteiger partial charge >= 0.3 is 5.92 Å². The van der Waals surface area contributed by atoms with Crippen LogP contribution in [0.4, 0.5) is 0 Å². The van der Waals surface area contributed by atoms with Crippen LogP contribution in [0.1, 0.15) is 0 Å². The first-order valence-electron chi connectivity index (χ1n) is 5.36. The molecular formula is C12H6Br4ClO2PS. The molecule has 1 unspecified atom stereocenters. The molecule has 1 atom stereocenters. The molecule has 9 heteroatoms. The van der Waals surface area contributed by atoms with Gasteiger partial charge < -0.3 is 4.52 Å². The van der Waals surface area contributed by atoms with E-state index in [1.165, 1.54) is 0 Å². The Kier molecular flexibility index (Phi) is 6.77. The molecule has 0 heterocycles. The van der Waals surface area contributed by atoms with E-state index in [0.29, 0.717) is 10.2 Å². The third kappa shape index (κ3) is 5.55. The first-order chi connectivity index (χ1) is 9.77. The van der Waals surface area contributed by atoms with E-state index in [1.54, 1.807) is 12.1 Å². The van der Waals surface area contributed by atoms with Crippen LogP contribution in [0.5, 0.6) is 5.75 Å². The average molecular weight is 600 g/mol. The summed E-state index contributed by atoms with van der Waals surface area (Å²) in [6, 6.07) is 10.9. The van der Waals surface area contributed by atoms with Gasteiger partial charge in [0.25, 0.3) is 0 Å². The minimum absolute atomic E-state index is 0.418. The van der Waals surface area contributed by atoms with Gasteiger partial charge in [-0.1, -0.05) is 31.9 Å². The molecule has 2 nitrogen and oxygen atoms in total. The van der Waals surface area contributed by atoms with E-state index in [9.17, 15) is 4.57 Å². The summed E-state index contributed by atoms with van der Waals surface area (Å²) in [4.78, 5) is 0.730. The normalized spacial score (nSPS) is 13.8. The molecule has 0 fully saturated rings. The quantitative estimate of drug-likeness (QED) is 0.331. The van der Waals surface area contributed by atoms with Gasteiger partial charge in [-0.15, -0.1) is 0 Å². The minimum atomic E-state index is -3.44. The molecule has 0 amide bonds. The summed E-state index contributed by atoms with van der Waals surface area (Å²) in [6.45, 7) is 0. The van der Waals surface area contributed by atoms with E-state index in [1.807, 2.05) is 24.3 Å². The number of benzene rings is 2. The summed E-state index contributed by atoms with van der Waals surface area (Å²) < 4.78 is 21.2. The molecule has 0 aliphatic rings. The van der Waals surface area contributed by atoms with Gasteiger partial charge in [0, 0.05) is 18.3 Å². The Morgan fingerprint density at radius 2 is 1.52 bits per heavy atom. The molecule has 112 valence electrons. The fraction of sp³-hybridized carbons (Fsp3) is 0. The first kappa shape index (κ1) is 18.4. The lowest BCUT2D eigenvalue weighted by Crippen LogP contribution is -1.86. The zero-order valence-corrected chi connectivity index (χ0v) is 18.8. The first-order valence-corrected chi connectivity index (χ1v) is 12.5. The van der Waals surface area contributed by atoms with Gasteiger partial charge in [-0.3, -0.25) is 0 Å². The third-order valence-corrected chi connectivity index (χ3v) is 8.26. The van der Waals surface area contributed by atoms with Crippen molar-refractivity contribution >= 4 is 92.3 Å². The zero-order valence-electron chi connectivity index (χ0n) is 10.0. The van der Waals surface area contributed by atoms with E-state index in [-0.39, 0.29) is 0 Å². The Hall–Kier alpha value is 1.03. The molecule has 0 aliphatic carbocycles. The maximum absolute atomic E-state index is 12.5. The van der Waals surface area contributed by atoms with E-state index >= 15 is 0 Å². The van der Waals surface area contributed by atoms with Crippen LogP contribution >= 0.6 is 92.3 Å². The van der Waals surface area contributed by atoms with Crippen molar-refractivity contribution in [1.29, 1.82) is 0 Å². The summed E-state index contributed by atoms with van der Waals surface area (Å²) in [6.07, 6.45) is 0. The Labute approximate surface area is 164 Å². The van der Waals surface area contributed by atoms with Gasteiger partial charge in [-0.25, -0.2) is 4.57 Å². The average Bonchev–Trinajstić information content (AvgIpc) is 2.37. The van der Waals surface area contributed by atoms with Gasteiger partial charge in [0.15, 0.2) is 0 Å². The van der Waals surface area contributed by atoms with Crippen LogP contribution in [-0.4, -0.2) is 0 Å². The van der Waals surface area contributed by atoms with Crippen molar-refractivity contribution in [2.24, 2.45) is 0 Å². The van der Waals surface area contributed by atoms with Crippen LogP contribution in [0.25, 0.3) is 0 Å². The van der Waals surface area contributed by atoms with Crippen molar-refractivity contribution in [3.63, 3.8) is 0 Å². The molecule has 0 saturated heterocycles. The van der Waals surface area contributed by atoms with Crippen LogP contribution < -0.4 is 4.52 Å². The van der Waals surface area contributed by atoms with Crippen LogP contribution in [0.15, 0.2) is 59.2 Å². The molecule has 2 aromatic carbocycles. The van der Waals surface area contributed by atoms with Crippen molar-refractivity contribution in [3.8, 4) is 5.75 Å². The van der Waals surface area contributed by atoms with E-state index < -0.39 is 5.92 Å². The smallest absolute Gasteiger partial charge is 0.398 e. The molecular weight excluding hydrogens is 594 g/mol. The lowest BCUT2D eigenvalue weighted by molar-refractivity contribution is 0.512. The fourth-order valence-corrected chi connectivity index (χ4v) is 6.91. The van der Waals surface area contributed by atoms with Crippen molar-refractivity contribution < 1.29 is 9.09 Å². The second-order valence-electron chi connectivity index (χ2n) is 3.76. The summed E-state index contributed by atoms with van der Waals surface area (Å²) in [7, 11) is 0. The largest absolute Gasteiger partial charge is 0.424 e. The number of halogens is 5. The highest BCUT2D eigenvalue weighted by molar-refractivity contribution is 9.11. The van der Waals surface area contributed by atoms with Gasteiger partial charge in [0.2, 0.25) is 0 Å². The van der Waals surface area contributed by atoms with Crippen LogP contribution in [0.3, 0.4) is 0 Å². The van der Waals surface area contributed by atoms with Gasteiger partial charge in [0.1, 0.15) is 5.75 Å². The monoisotopic (exact) mass is 596 g/mol. The second kappa shape index (κ2) is 7.73. The molecule has 2 rings (SSSR count). The van der Waals surface area contributed by atoms with E-state index in [0.717, 1.165) is 29.7 Å². The maximum Gasteiger partial charge on any atom is 0.398 e. The van der Waals surface area contributed by atoms with Crippen molar-refractivity contribution in [2.45, 2.75) is 4.90 Å². The van der Waals surface area contributed by atoms with Crippen molar-refractivity contribution in [3.05, 3.63) is 54.3 Å². The summed E-state index contributed by atoms with van der Waals surface area (Å²) in [5.74, 6) is -3.02. The highest BCUT2D eigenvalue weighted by atomic mass is 79.9. The SMILES string of the molecule is O=P(Cl)(Oc1cc(Br)ccc1Br)Sc1cc(Br)ccc1Br. The van der Waals surface area contributed by atoms with Crippen LogP contribution in [-0.2, 0) is 4.57 Å². The molecule has 0 spiro atoms. The lowest BCUT2D eigenvalue weighted by atomic mass is 10.3. The van der Waals surface area contributed by atoms with Gasteiger partial charge in [-0.2, -0.15) is 0 Å². The highest BCUT2D eigenvalue weighted by Gasteiger charge is 2.26. The Morgan fingerprint density at radius 3 is 2.19 bits per heavy atom. The number of hydrogen-bond donors (Lipinski definition) is 0. The maximum atomic E-state index is 12.5. The Bertz CT molecular complexity index is 671. The lowest BCUT2D eigenvalue weighted by Gasteiger charge is -2.14. The molecule has 0 aliphatic heterocycles. The topological polar surface area (TPSA) is 26.3 Å². The Balaban J connectivity index is 2.24. The predicted octanol–water partition coefficient (Wildman–Crippen LogP) is 8.25. The number of hydrogen-bond acceptors (Lipinski definition) is 3. The fourth-order valence-electron chi connectivity index (χ4n) is 1.35. The van der Waals surface area contributed by atoms with E-state index in [4.69, 9.17) is 15.8 Å². The summed E-state index contributed by atoms with van der Waals surface area (Å²) in [5, 5.41) is 0. The van der Waals surface area contributed by atoms with Crippen molar-refractivity contribution in [1.82, 2.24) is 0 Å². The van der Waals surface area contributed by atoms with Crippen LogP contribution in [0.2, 0.25) is 0 Å². The van der Waals surface area contributed by atoms with Gasteiger partial charge in [0.05, 0.1) is 4.47 Å². The zero-order chi connectivity index (χ0) is 15.6. The van der Waals surface area contributed by atoms with Gasteiger partial charge in [-0.05, 0) is 90.9 Å². The standard InChI is InChI=1S/C12H6Br4ClO2PS/c13-7-1-3-9(15)11(5-7)19-20(17,18)21-12-6-8(14)2-4-10(12)16/h1-6H. The molecule has 0 aromatic heterocycles. The molecule has 21 heavy (non-hydrogen) atoms. The third-order valence-electron chi connectivity index (χ3n) is 2.20. The predicted molar refractivity (Wildman–Crippen MR) is 104 cm³/mol. The van der Waals surface area contributed by atoms with Crippen LogP contribution in [0, 0.1) is 0 Å². The second-order valence-corrected chi connectivity index (χ2v) is 12.9. The molecule has 2 aromatic rings. The molecule has 0 bridgehead atoms. The molecule has 0 radical (unpaired) electrons. The highest BCUT2D eigenvalue weighted by Crippen LogP contribution is 2.67. The minimum Gasteiger partial charge on any atom is -0.424 e. The number of rotatable bonds is 4.